The highest BCUT2D eigenvalue weighted by molar-refractivity contribution is 5.83. The van der Waals surface area contributed by atoms with E-state index in [1.54, 1.807) is 0 Å². The zero-order valence-corrected chi connectivity index (χ0v) is 11.5. The molecule has 0 radical (unpaired) electrons. The largest absolute Gasteiger partial charge is 0.298 e. The first-order valence-corrected chi connectivity index (χ1v) is 6.63. The molecule has 2 nitrogen and oxygen atoms in total. The van der Waals surface area contributed by atoms with Gasteiger partial charge in [0.15, 0.2) is 0 Å². The molecule has 94 valence electrons. The van der Waals surface area contributed by atoms with Crippen LogP contribution in [0, 0.1) is 11.3 Å². The molecule has 1 aliphatic rings. The van der Waals surface area contributed by atoms with E-state index < -0.39 is 0 Å². The molecule has 0 aliphatic carbocycles. The van der Waals surface area contributed by atoms with Crippen LogP contribution in [0.15, 0.2) is 0 Å². The van der Waals surface area contributed by atoms with Crippen molar-refractivity contribution in [2.75, 3.05) is 13.1 Å². The summed E-state index contributed by atoms with van der Waals surface area (Å²) < 4.78 is 0. The van der Waals surface area contributed by atoms with Crippen LogP contribution in [0.5, 0.6) is 0 Å². The number of piperidine rings is 1. The Balaban J connectivity index is 2.46. The van der Waals surface area contributed by atoms with E-state index in [1.807, 2.05) is 6.92 Å². The number of carbonyl (C=O) groups is 1. The van der Waals surface area contributed by atoms with Crippen molar-refractivity contribution in [3.05, 3.63) is 0 Å². The van der Waals surface area contributed by atoms with Crippen LogP contribution in [0.25, 0.3) is 0 Å². The fourth-order valence-electron chi connectivity index (χ4n) is 2.65. The monoisotopic (exact) mass is 225 g/mol. The maximum atomic E-state index is 11.6. The molecule has 0 bridgehead atoms. The minimum atomic E-state index is 0.130. The summed E-state index contributed by atoms with van der Waals surface area (Å²) in [6.45, 7) is 13.2. The van der Waals surface area contributed by atoms with Crippen LogP contribution < -0.4 is 0 Å². The zero-order valence-electron chi connectivity index (χ0n) is 11.5. The van der Waals surface area contributed by atoms with Crippen molar-refractivity contribution in [2.45, 2.75) is 59.9 Å². The lowest BCUT2D eigenvalue weighted by atomic mass is 9.75. The third kappa shape index (κ3) is 3.31. The lowest BCUT2D eigenvalue weighted by Gasteiger charge is -2.40. The highest BCUT2D eigenvalue weighted by Gasteiger charge is 2.31. The molecule has 1 saturated heterocycles. The number of ketones is 1. The highest BCUT2D eigenvalue weighted by Crippen LogP contribution is 2.34. The van der Waals surface area contributed by atoms with Crippen molar-refractivity contribution in [2.24, 2.45) is 11.3 Å². The molecular weight excluding hydrogens is 198 g/mol. The van der Waals surface area contributed by atoms with Crippen molar-refractivity contribution in [3.63, 3.8) is 0 Å². The predicted molar refractivity (Wildman–Crippen MR) is 68.5 cm³/mol. The number of hydrogen-bond acceptors (Lipinski definition) is 2. The van der Waals surface area contributed by atoms with Gasteiger partial charge in [-0.05, 0) is 44.2 Å². The smallest absolute Gasteiger partial charge is 0.149 e. The topological polar surface area (TPSA) is 20.3 Å². The second-order valence-electron chi connectivity index (χ2n) is 6.17. The van der Waals surface area contributed by atoms with Gasteiger partial charge in [0.1, 0.15) is 5.78 Å². The second kappa shape index (κ2) is 5.31. The quantitative estimate of drug-likeness (QED) is 0.735. The van der Waals surface area contributed by atoms with E-state index in [2.05, 4.69) is 32.6 Å². The molecule has 0 saturated carbocycles. The fraction of sp³-hybridized carbons (Fsp3) is 0.929. The number of hydrogen-bond donors (Lipinski definition) is 0. The SMILES string of the molecule is CCC(=O)C(C)N1CCC(C(C)(C)C)CC1. The summed E-state index contributed by atoms with van der Waals surface area (Å²) in [5, 5.41) is 0. The van der Waals surface area contributed by atoms with E-state index in [1.165, 1.54) is 12.8 Å². The molecule has 0 aromatic heterocycles. The normalized spacial score (nSPS) is 22.1. The van der Waals surface area contributed by atoms with Gasteiger partial charge in [0.05, 0.1) is 6.04 Å². The van der Waals surface area contributed by atoms with Crippen LogP contribution >= 0.6 is 0 Å². The van der Waals surface area contributed by atoms with E-state index in [-0.39, 0.29) is 6.04 Å². The Hall–Kier alpha value is -0.370. The van der Waals surface area contributed by atoms with Crippen molar-refractivity contribution in [3.8, 4) is 0 Å². The van der Waals surface area contributed by atoms with E-state index >= 15 is 0 Å². The van der Waals surface area contributed by atoms with E-state index in [9.17, 15) is 4.79 Å². The lowest BCUT2D eigenvalue weighted by Crippen LogP contribution is -2.45. The van der Waals surface area contributed by atoms with Gasteiger partial charge in [0.2, 0.25) is 0 Å². The molecule has 0 spiro atoms. The average molecular weight is 225 g/mol. The fourth-order valence-corrected chi connectivity index (χ4v) is 2.65. The Kier molecular flexibility index (Phi) is 4.54. The summed E-state index contributed by atoms with van der Waals surface area (Å²) in [5.41, 5.74) is 0.421. The van der Waals surface area contributed by atoms with Crippen LogP contribution in [0.4, 0.5) is 0 Å². The molecular formula is C14H27NO. The Labute approximate surface area is 100 Å². The molecule has 1 unspecified atom stereocenters. The number of Topliss-reactive ketones (excluding diaryl/α,β-unsaturated/α-hetero) is 1. The number of nitrogens with zero attached hydrogens (tertiary/aromatic N) is 1. The zero-order chi connectivity index (χ0) is 12.3. The van der Waals surface area contributed by atoms with Crippen molar-refractivity contribution in [1.29, 1.82) is 0 Å². The maximum absolute atomic E-state index is 11.6. The summed E-state index contributed by atoms with van der Waals surface area (Å²) in [5.74, 6) is 1.20. The maximum Gasteiger partial charge on any atom is 0.149 e. The van der Waals surface area contributed by atoms with Gasteiger partial charge in [-0.3, -0.25) is 9.69 Å². The minimum absolute atomic E-state index is 0.130. The van der Waals surface area contributed by atoms with Crippen LogP contribution in [0.3, 0.4) is 0 Å². The Bertz CT molecular complexity index is 234. The van der Waals surface area contributed by atoms with Crippen LogP contribution in [0.1, 0.15) is 53.9 Å². The van der Waals surface area contributed by atoms with E-state index in [0.717, 1.165) is 19.0 Å². The van der Waals surface area contributed by atoms with Gasteiger partial charge in [-0.25, -0.2) is 0 Å². The number of likely N-dealkylation sites (tertiary alicyclic amines) is 1. The summed E-state index contributed by atoms with van der Waals surface area (Å²) in [7, 11) is 0. The van der Waals surface area contributed by atoms with Crippen LogP contribution in [-0.2, 0) is 4.79 Å². The third-order valence-corrected chi connectivity index (χ3v) is 4.12. The Morgan fingerprint density at radius 1 is 1.31 bits per heavy atom. The Morgan fingerprint density at radius 3 is 2.19 bits per heavy atom. The summed E-state index contributed by atoms with van der Waals surface area (Å²) in [6.07, 6.45) is 3.15. The van der Waals surface area contributed by atoms with Crippen molar-refractivity contribution in [1.82, 2.24) is 4.90 Å². The molecule has 16 heavy (non-hydrogen) atoms. The summed E-state index contributed by atoms with van der Waals surface area (Å²) in [6, 6.07) is 0.130. The first-order valence-electron chi connectivity index (χ1n) is 6.63. The molecule has 0 N–H and O–H groups in total. The van der Waals surface area contributed by atoms with Gasteiger partial charge < -0.3 is 0 Å². The highest BCUT2D eigenvalue weighted by atomic mass is 16.1. The molecule has 1 aliphatic heterocycles. The van der Waals surface area contributed by atoms with Gasteiger partial charge >= 0.3 is 0 Å². The van der Waals surface area contributed by atoms with Crippen LogP contribution in [-0.4, -0.2) is 29.8 Å². The predicted octanol–water partition coefficient (Wildman–Crippen LogP) is 3.11. The van der Waals surface area contributed by atoms with Gasteiger partial charge in [0.25, 0.3) is 0 Å². The standard InChI is InChI=1S/C14H27NO/c1-6-13(16)11(2)15-9-7-12(8-10-15)14(3,4)5/h11-12H,6-10H2,1-5H3. The molecule has 1 heterocycles. The summed E-state index contributed by atoms with van der Waals surface area (Å²) >= 11 is 0. The minimum Gasteiger partial charge on any atom is -0.298 e. The average Bonchev–Trinajstić information content (AvgIpc) is 2.26. The third-order valence-electron chi connectivity index (χ3n) is 4.12. The van der Waals surface area contributed by atoms with Gasteiger partial charge in [-0.2, -0.15) is 0 Å². The molecule has 0 amide bonds. The van der Waals surface area contributed by atoms with Gasteiger partial charge in [-0.15, -0.1) is 0 Å². The molecule has 1 rings (SSSR count). The van der Waals surface area contributed by atoms with Crippen molar-refractivity contribution < 1.29 is 4.79 Å². The lowest BCUT2D eigenvalue weighted by molar-refractivity contribution is -0.124. The summed E-state index contributed by atoms with van der Waals surface area (Å²) in [4.78, 5) is 14.0. The number of carbonyl (C=O) groups excluding carboxylic acids is 1. The number of rotatable bonds is 3. The van der Waals surface area contributed by atoms with Crippen molar-refractivity contribution >= 4 is 5.78 Å². The molecule has 1 atom stereocenters. The molecule has 0 aromatic rings. The molecule has 2 heteroatoms. The first-order chi connectivity index (χ1) is 7.36. The van der Waals surface area contributed by atoms with Gasteiger partial charge in [-0.1, -0.05) is 27.7 Å². The Morgan fingerprint density at radius 2 is 1.81 bits per heavy atom. The van der Waals surface area contributed by atoms with Gasteiger partial charge in [0, 0.05) is 6.42 Å². The van der Waals surface area contributed by atoms with E-state index in [4.69, 9.17) is 0 Å². The first kappa shape index (κ1) is 13.7. The molecule has 0 aromatic carbocycles. The molecule has 1 fully saturated rings. The van der Waals surface area contributed by atoms with E-state index in [0.29, 0.717) is 17.6 Å². The van der Waals surface area contributed by atoms with Crippen LogP contribution in [0.2, 0.25) is 0 Å². The second-order valence-corrected chi connectivity index (χ2v) is 6.17.